The van der Waals surface area contributed by atoms with Gasteiger partial charge in [-0.2, -0.15) is 5.10 Å². The number of hydrogen-bond acceptors (Lipinski definition) is 4. The molecule has 0 bridgehead atoms. The molecule has 3 rings (SSSR count). The van der Waals surface area contributed by atoms with Crippen molar-refractivity contribution in [3.63, 3.8) is 0 Å². The number of nitrogens with zero attached hydrogens (tertiary/aromatic N) is 3. The fraction of sp³-hybridized carbons (Fsp3) is 0.316. The summed E-state index contributed by atoms with van der Waals surface area (Å²) in [5.74, 6) is 0.837. The predicted octanol–water partition coefficient (Wildman–Crippen LogP) is 4.06. The topological polar surface area (TPSA) is 73.0 Å². The van der Waals surface area contributed by atoms with Crippen molar-refractivity contribution >= 4 is 11.6 Å². The van der Waals surface area contributed by atoms with Gasteiger partial charge in [0.2, 0.25) is 5.89 Å². The summed E-state index contributed by atoms with van der Waals surface area (Å²) < 4.78 is 7.24. The molecule has 0 unspecified atom stereocenters. The molecule has 0 aliphatic rings. The van der Waals surface area contributed by atoms with Gasteiger partial charge in [-0.3, -0.25) is 9.48 Å². The Morgan fingerprint density at radius 3 is 2.80 bits per heavy atom. The molecular weight excluding hydrogens is 316 g/mol. The van der Waals surface area contributed by atoms with Gasteiger partial charge in [-0.25, -0.2) is 4.98 Å². The summed E-state index contributed by atoms with van der Waals surface area (Å²) in [5, 5.41) is 7.30. The fourth-order valence-electron chi connectivity index (χ4n) is 2.75. The lowest BCUT2D eigenvalue weighted by Gasteiger charge is -2.11. The molecule has 0 aliphatic heterocycles. The molecule has 0 saturated carbocycles. The second kappa shape index (κ2) is 6.93. The minimum absolute atomic E-state index is 0.167. The van der Waals surface area contributed by atoms with Crippen molar-refractivity contribution in [1.29, 1.82) is 0 Å². The molecule has 6 heteroatoms. The Labute approximate surface area is 146 Å². The normalized spacial score (nSPS) is 11.1. The van der Waals surface area contributed by atoms with Crippen LogP contribution >= 0.6 is 0 Å². The lowest BCUT2D eigenvalue weighted by Crippen LogP contribution is -2.15. The van der Waals surface area contributed by atoms with Gasteiger partial charge in [0.05, 0.1) is 18.0 Å². The van der Waals surface area contributed by atoms with Crippen molar-refractivity contribution in [2.45, 2.75) is 34.2 Å². The summed E-state index contributed by atoms with van der Waals surface area (Å²) in [5.41, 5.74) is 3.95. The third kappa shape index (κ3) is 3.47. The third-order valence-corrected chi connectivity index (χ3v) is 4.13. The van der Waals surface area contributed by atoms with Gasteiger partial charge in [0.25, 0.3) is 5.91 Å². The first kappa shape index (κ1) is 17.0. The molecule has 25 heavy (non-hydrogen) atoms. The average molecular weight is 338 g/mol. The first-order chi connectivity index (χ1) is 12.0. The van der Waals surface area contributed by atoms with Crippen molar-refractivity contribution < 1.29 is 9.21 Å². The van der Waals surface area contributed by atoms with E-state index in [1.54, 1.807) is 12.4 Å². The molecule has 3 aromatic rings. The maximum Gasteiger partial charge on any atom is 0.259 e. The van der Waals surface area contributed by atoms with E-state index in [1.807, 2.05) is 36.7 Å². The predicted molar refractivity (Wildman–Crippen MR) is 96.4 cm³/mol. The van der Waals surface area contributed by atoms with Gasteiger partial charge in [0.15, 0.2) is 0 Å². The van der Waals surface area contributed by atoms with Crippen LogP contribution in [0.1, 0.15) is 35.5 Å². The Kier molecular flexibility index (Phi) is 4.70. The van der Waals surface area contributed by atoms with Crippen molar-refractivity contribution in [2.75, 3.05) is 5.32 Å². The van der Waals surface area contributed by atoms with Gasteiger partial charge in [-0.05, 0) is 37.5 Å². The highest BCUT2D eigenvalue weighted by molar-refractivity contribution is 6.05. The van der Waals surface area contributed by atoms with Crippen LogP contribution in [-0.4, -0.2) is 20.7 Å². The number of carbonyl (C=O) groups is 1. The first-order valence-corrected chi connectivity index (χ1v) is 8.30. The third-order valence-electron chi connectivity index (χ3n) is 4.13. The van der Waals surface area contributed by atoms with E-state index in [-0.39, 0.29) is 5.91 Å². The van der Waals surface area contributed by atoms with E-state index in [2.05, 4.69) is 29.2 Å². The lowest BCUT2D eigenvalue weighted by atomic mass is 10.1. The van der Waals surface area contributed by atoms with Crippen LogP contribution in [0.15, 0.2) is 41.3 Å². The quantitative estimate of drug-likeness (QED) is 0.761. The van der Waals surface area contributed by atoms with Crippen LogP contribution in [0.4, 0.5) is 5.69 Å². The summed E-state index contributed by atoms with van der Waals surface area (Å²) in [6.07, 6.45) is 4.76. The second-order valence-corrected chi connectivity index (χ2v) is 6.49. The molecule has 0 aliphatic carbocycles. The molecule has 0 saturated heterocycles. The van der Waals surface area contributed by atoms with Gasteiger partial charge >= 0.3 is 0 Å². The smallest absolute Gasteiger partial charge is 0.259 e. The van der Waals surface area contributed by atoms with E-state index in [0.29, 0.717) is 17.4 Å². The zero-order chi connectivity index (χ0) is 18.0. The standard InChI is InChI=1S/C19H22N4O2/c1-12(2)11-23-14(4)16(10-21-23)18(24)22-17-7-5-6-15(13(17)3)19-20-8-9-25-19/h5-10,12H,11H2,1-4H3,(H,22,24). The van der Waals surface area contributed by atoms with Crippen LogP contribution in [0.5, 0.6) is 0 Å². The molecule has 0 spiro atoms. The number of oxazole rings is 1. The zero-order valence-corrected chi connectivity index (χ0v) is 14.9. The monoisotopic (exact) mass is 338 g/mol. The van der Waals surface area contributed by atoms with E-state index in [4.69, 9.17) is 4.42 Å². The molecule has 1 aromatic carbocycles. The van der Waals surface area contributed by atoms with Crippen LogP contribution in [0.25, 0.3) is 11.5 Å². The van der Waals surface area contributed by atoms with Crippen molar-refractivity contribution in [3.8, 4) is 11.5 Å². The van der Waals surface area contributed by atoms with Crippen LogP contribution in [0, 0.1) is 19.8 Å². The van der Waals surface area contributed by atoms with Crippen LogP contribution < -0.4 is 5.32 Å². The summed E-state index contributed by atoms with van der Waals surface area (Å²) in [6, 6.07) is 5.66. The van der Waals surface area contributed by atoms with Crippen molar-refractivity contribution in [1.82, 2.24) is 14.8 Å². The Hall–Kier alpha value is -2.89. The number of nitrogens with one attached hydrogen (secondary N) is 1. The van der Waals surface area contributed by atoms with Crippen LogP contribution in [0.2, 0.25) is 0 Å². The maximum atomic E-state index is 12.7. The van der Waals surface area contributed by atoms with Gasteiger partial charge in [-0.1, -0.05) is 19.9 Å². The Morgan fingerprint density at radius 2 is 2.12 bits per heavy atom. The molecule has 6 nitrogen and oxygen atoms in total. The first-order valence-electron chi connectivity index (χ1n) is 8.30. The van der Waals surface area contributed by atoms with Crippen LogP contribution in [-0.2, 0) is 6.54 Å². The van der Waals surface area contributed by atoms with E-state index in [0.717, 1.165) is 29.1 Å². The molecule has 2 aromatic heterocycles. The molecular formula is C19H22N4O2. The lowest BCUT2D eigenvalue weighted by molar-refractivity contribution is 0.102. The second-order valence-electron chi connectivity index (χ2n) is 6.49. The fourth-order valence-corrected chi connectivity index (χ4v) is 2.75. The number of carbonyl (C=O) groups excluding carboxylic acids is 1. The SMILES string of the molecule is Cc1c(NC(=O)c2cnn(CC(C)C)c2C)cccc1-c1ncco1. The molecule has 0 atom stereocenters. The molecule has 2 heterocycles. The van der Waals surface area contributed by atoms with E-state index in [1.165, 1.54) is 6.26 Å². The highest BCUT2D eigenvalue weighted by Crippen LogP contribution is 2.27. The van der Waals surface area contributed by atoms with Crippen LogP contribution in [0.3, 0.4) is 0 Å². The largest absolute Gasteiger partial charge is 0.445 e. The van der Waals surface area contributed by atoms with Gasteiger partial charge in [0.1, 0.15) is 6.26 Å². The summed E-state index contributed by atoms with van der Waals surface area (Å²) in [7, 11) is 0. The summed E-state index contributed by atoms with van der Waals surface area (Å²) >= 11 is 0. The Bertz CT molecular complexity index is 879. The molecule has 1 N–H and O–H groups in total. The minimum atomic E-state index is -0.167. The highest BCUT2D eigenvalue weighted by atomic mass is 16.3. The zero-order valence-electron chi connectivity index (χ0n) is 14.9. The van der Waals surface area contributed by atoms with Gasteiger partial charge in [-0.15, -0.1) is 0 Å². The number of amides is 1. The number of aromatic nitrogens is 3. The molecule has 1 amide bonds. The number of hydrogen-bond donors (Lipinski definition) is 1. The number of anilines is 1. The molecule has 130 valence electrons. The van der Waals surface area contributed by atoms with Gasteiger partial charge < -0.3 is 9.73 Å². The minimum Gasteiger partial charge on any atom is -0.445 e. The van der Waals surface area contributed by atoms with E-state index < -0.39 is 0 Å². The summed E-state index contributed by atoms with van der Waals surface area (Å²) in [4.78, 5) is 16.9. The Balaban J connectivity index is 1.85. The molecule has 0 fully saturated rings. The average Bonchev–Trinajstić information content (AvgIpc) is 3.20. The van der Waals surface area contributed by atoms with Crippen molar-refractivity contribution in [2.24, 2.45) is 5.92 Å². The highest BCUT2D eigenvalue weighted by Gasteiger charge is 2.17. The molecule has 0 radical (unpaired) electrons. The summed E-state index contributed by atoms with van der Waals surface area (Å²) in [6.45, 7) is 8.89. The Morgan fingerprint density at radius 1 is 1.32 bits per heavy atom. The van der Waals surface area contributed by atoms with Crippen molar-refractivity contribution in [3.05, 3.63) is 53.7 Å². The number of benzene rings is 1. The van der Waals surface area contributed by atoms with E-state index >= 15 is 0 Å². The van der Waals surface area contributed by atoms with E-state index in [9.17, 15) is 4.79 Å². The van der Waals surface area contributed by atoms with Gasteiger partial charge in [0, 0.05) is 23.5 Å². The maximum absolute atomic E-state index is 12.7. The number of rotatable bonds is 5.